The van der Waals surface area contributed by atoms with Gasteiger partial charge in [-0.25, -0.2) is 0 Å². The molecular formula is C19H33NO2. The molecule has 3 heteroatoms. The summed E-state index contributed by atoms with van der Waals surface area (Å²) >= 11 is 0. The number of hydrogen-bond donors (Lipinski definition) is 1. The van der Waals surface area contributed by atoms with E-state index in [1.165, 1.54) is 0 Å². The van der Waals surface area contributed by atoms with Crippen LogP contribution in [0.4, 0.5) is 0 Å². The molecule has 0 amide bonds. The monoisotopic (exact) mass is 307 g/mol. The van der Waals surface area contributed by atoms with E-state index in [2.05, 4.69) is 46.9 Å². The van der Waals surface area contributed by atoms with Gasteiger partial charge in [0.1, 0.15) is 0 Å². The van der Waals surface area contributed by atoms with Crippen LogP contribution in [0.3, 0.4) is 0 Å². The van der Waals surface area contributed by atoms with Crippen molar-refractivity contribution in [3.05, 3.63) is 24.3 Å². The molecular weight excluding hydrogens is 274 g/mol. The van der Waals surface area contributed by atoms with Gasteiger partial charge < -0.3 is 14.8 Å². The Labute approximate surface area is 136 Å². The van der Waals surface area contributed by atoms with Crippen LogP contribution >= 0.6 is 0 Å². The Morgan fingerprint density at radius 3 is 2.00 bits per heavy atom. The normalized spacial score (nSPS) is 12.3. The quantitative estimate of drug-likeness (QED) is 0.716. The minimum Gasteiger partial charge on any atom is -0.490 e. The summed E-state index contributed by atoms with van der Waals surface area (Å²) < 4.78 is 11.8. The molecule has 0 aliphatic heterocycles. The van der Waals surface area contributed by atoms with E-state index in [0.29, 0.717) is 18.6 Å². The second kappa shape index (κ2) is 8.42. The third kappa shape index (κ3) is 8.93. The van der Waals surface area contributed by atoms with Crippen molar-refractivity contribution in [2.75, 3.05) is 26.3 Å². The van der Waals surface area contributed by atoms with Crippen LogP contribution in [-0.2, 0) is 0 Å². The second-order valence-electron chi connectivity index (χ2n) is 8.24. The van der Waals surface area contributed by atoms with Crippen molar-refractivity contribution in [2.45, 2.75) is 48.0 Å². The van der Waals surface area contributed by atoms with Crippen LogP contribution in [0, 0.1) is 10.8 Å². The fourth-order valence-corrected chi connectivity index (χ4v) is 1.83. The van der Waals surface area contributed by atoms with Crippen molar-refractivity contribution in [1.29, 1.82) is 0 Å². The van der Waals surface area contributed by atoms with Crippen LogP contribution in [0.25, 0.3) is 0 Å². The van der Waals surface area contributed by atoms with Gasteiger partial charge in [0.05, 0.1) is 13.2 Å². The Balaban J connectivity index is 2.33. The zero-order chi connectivity index (χ0) is 16.6. The van der Waals surface area contributed by atoms with E-state index >= 15 is 0 Å². The van der Waals surface area contributed by atoms with Crippen molar-refractivity contribution < 1.29 is 9.47 Å². The highest BCUT2D eigenvalue weighted by Gasteiger charge is 2.13. The molecule has 3 nitrogen and oxygen atoms in total. The van der Waals surface area contributed by atoms with E-state index < -0.39 is 0 Å². The predicted octanol–water partition coefficient (Wildman–Crippen LogP) is 4.52. The molecule has 0 saturated carbocycles. The number of rotatable bonds is 8. The first-order chi connectivity index (χ1) is 10.2. The van der Waals surface area contributed by atoms with Crippen molar-refractivity contribution in [2.24, 2.45) is 10.8 Å². The van der Waals surface area contributed by atoms with Crippen molar-refractivity contribution >= 4 is 0 Å². The van der Waals surface area contributed by atoms with Gasteiger partial charge in [-0.15, -0.1) is 0 Å². The smallest absolute Gasteiger partial charge is 0.161 e. The van der Waals surface area contributed by atoms with Gasteiger partial charge in [-0.2, -0.15) is 0 Å². The maximum Gasteiger partial charge on any atom is 0.161 e. The molecule has 1 N–H and O–H groups in total. The molecule has 0 spiro atoms. The lowest BCUT2D eigenvalue weighted by Crippen LogP contribution is -2.28. The minimum absolute atomic E-state index is 0.143. The summed E-state index contributed by atoms with van der Waals surface area (Å²) in [5.74, 6) is 1.67. The van der Waals surface area contributed by atoms with Crippen molar-refractivity contribution in [1.82, 2.24) is 5.32 Å². The van der Waals surface area contributed by atoms with Gasteiger partial charge in [-0.1, -0.05) is 53.7 Å². The summed E-state index contributed by atoms with van der Waals surface area (Å²) in [6.45, 7) is 16.6. The zero-order valence-corrected chi connectivity index (χ0v) is 15.2. The lowest BCUT2D eigenvalue weighted by Gasteiger charge is -2.20. The van der Waals surface area contributed by atoms with Gasteiger partial charge in [0.15, 0.2) is 11.5 Å². The van der Waals surface area contributed by atoms with Gasteiger partial charge in [0.25, 0.3) is 0 Å². The van der Waals surface area contributed by atoms with Gasteiger partial charge in [0, 0.05) is 0 Å². The van der Waals surface area contributed by atoms with Crippen molar-refractivity contribution in [3.63, 3.8) is 0 Å². The van der Waals surface area contributed by atoms with Crippen LogP contribution in [0.1, 0.15) is 48.0 Å². The van der Waals surface area contributed by atoms with E-state index in [1.807, 2.05) is 24.3 Å². The lowest BCUT2D eigenvalue weighted by molar-refractivity contribution is 0.187. The Kier molecular flexibility index (Phi) is 7.21. The molecule has 126 valence electrons. The molecule has 0 radical (unpaired) electrons. The molecule has 0 saturated heterocycles. The van der Waals surface area contributed by atoms with Gasteiger partial charge in [0.2, 0.25) is 0 Å². The fourth-order valence-electron chi connectivity index (χ4n) is 1.83. The van der Waals surface area contributed by atoms with Gasteiger partial charge in [-0.05, 0) is 42.5 Å². The average molecular weight is 307 g/mol. The third-order valence-electron chi connectivity index (χ3n) is 2.92. The standard InChI is InChI=1S/C19H33NO2/c1-18(2,3)14-20-12-9-13-21-16-10-7-8-11-17(16)22-15-19(4,5)6/h7-8,10-11,20H,9,12-15H2,1-6H3. The van der Waals surface area contributed by atoms with Crippen LogP contribution < -0.4 is 14.8 Å². The van der Waals surface area contributed by atoms with Crippen molar-refractivity contribution in [3.8, 4) is 11.5 Å². The number of ether oxygens (including phenoxy) is 2. The van der Waals surface area contributed by atoms with E-state index in [0.717, 1.165) is 31.0 Å². The van der Waals surface area contributed by atoms with Crippen LogP contribution in [-0.4, -0.2) is 26.3 Å². The maximum absolute atomic E-state index is 5.88. The highest BCUT2D eigenvalue weighted by Crippen LogP contribution is 2.28. The minimum atomic E-state index is 0.143. The summed E-state index contributed by atoms with van der Waals surface area (Å²) in [5.41, 5.74) is 0.470. The lowest BCUT2D eigenvalue weighted by atomic mass is 9.97. The highest BCUT2D eigenvalue weighted by atomic mass is 16.5. The molecule has 22 heavy (non-hydrogen) atoms. The maximum atomic E-state index is 5.88. The van der Waals surface area contributed by atoms with Crippen LogP contribution in [0.15, 0.2) is 24.3 Å². The summed E-state index contributed by atoms with van der Waals surface area (Å²) in [7, 11) is 0. The molecule has 0 unspecified atom stereocenters. The van der Waals surface area contributed by atoms with E-state index in [9.17, 15) is 0 Å². The number of nitrogens with one attached hydrogen (secondary N) is 1. The molecule has 0 aliphatic carbocycles. The highest BCUT2D eigenvalue weighted by molar-refractivity contribution is 5.39. The summed E-state index contributed by atoms with van der Waals surface area (Å²) in [6.07, 6.45) is 0.990. The molecule has 0 aliphatic rings. The topological polar surface area (TPSA) is 30.5 Å². The predicted molar refractivity (Wildman–Crippen MR) is 93.8 cm³/mol. The first-order valence-electron chi connectivity index (χ1n) is 8.23. The molecule has 1 aromatic rings. The van der Waals surface area contributed by atoms with E-state index in [4.69, 9.17) is 9.47 Å². The Bertz CT molecular complexity index is 430. The first-order valence-corrected chi connectivity index (χ1v) is 8.23. The molecule has 0 aromatic heterocycles. The Hall–Kier alpha value is -1.22. The second-order valence-corrected chi connectivity index (χ2v) is 8.24. The first kappa shape index (κ1) is 18.8. The molecule has 0 bridgehead atoms. The SMILES string of the molecule is CC(C)(C)CNCCCOc1ccccc1OCC(C)(C)C. The number of para-hydroxylation sites is 2. The largest absolute Gasteiger partial charge is 0.490 e. The Morgan fingerprint density at radius 1 is 0.864 bits per heavy atom. The average Bonchev–Trinajstić information content (AvgIpc) is 2.39. The summed E-state index contributed by atoms with van der Waals surface area (Å²) in [6, 6.07) is 7.91. The third-order valence-corrected chi connectivity index (χ3v) is 2.92. The summed E-state index contributed by atoms with van der Waals surface area (Å²) in [5, 5.41) is 3.46. The van der Waals surface area contributed by atoms with E-state index in [-0.39, 0.29) is 5.41 Å². The van der Waals surface area contributed by atoms with Crippen LogP contribution in [0.5, 0.6) is 11.5 Å². The molecule has 0 fully saturated rings. The molecule has 0 atom stereocenters. The summed E-state index contributed by atoms with van der Waals surface area (Å²) in [4.78, 5) is 0. The molecule has 0 heterocycles. The molecule has 1 aromatic carbocycles. The Morgan fingerprint density at radius 2 is 1.45 bits per heavy atom. The number of benzene rings is 1. The van der Waals surface area contributed by atoms with Gasteiger partial charge in [-0.3, -0.25) is 0 Å². The fraction of sp³-hybridized carbons (Fsp3) is 0.684. The number of hydrogen-bond acceptors (Lipinski definition) is 3. The van der Waals surface area contributed by atoms with Gasteiger partial charge >= 0.3 is 0 Å². The molecule has 1 rings (SSSR count). The van der Waals surface area contributed by atoms with E-state index in [1.54, 1.807) is 0 Å². The zero-order valence-electron chi connectivity index (χ0n) is 15.2. The van der Waals surface area contributed by atoms with Crippen LogP contribution in [0.2, 0.25) is 0 Å².